The van der Waals surface area contributed by atoms with E-state index in [0.717, 1.165) is 16.7 Å². The molecule has 4 nitrogen and oxygen atoms in total. The van der Waals surface area contributed by atoms with Gasteiger partial charge in [0.1, 0.15) is 0 Å². The van der Waals surface area contributed by atoms with Crippen molar-refractivity contribution in [1.29, 1.82) is 0 Å². The van der Waals surface area contributed by atoms with Crippen LogP contribution in [0.1, 0.15) is 61.9 Å². The van der Waals surface area contributed by atoms with E-state index in [2.05, 4.69) is 39.6 Å². The monoisotopic (exact) mass is 392 g/mol. The Morgan fingerprint density at radius 2 is 1.45 bits per heavy atom. The Morgan fingerprint density at radius 3 is 1.79 bits per heavy atom. The van der Waals surface area contributed by atoms with Gasteiger partial charge < -0.3 is 11.5 Å². The summed E-state index contributed by atoms with van der Waals surface area (Å²) in [6.45, 7) is 16.0. The minimum Gasteiger partial charge on any atom is -0.370 e. The van der Waals surface area contributed by atoms with Gasteiger partial charge in [-0.3, -0.25) is 4.79 Å². The van der Waals surface area contributed by atoms with E-state index in [-0.39, 0.29) is 18.6 Å². The number of guanidine groups is 1. The Balaban J connectivity index is 3.98. The number of rotatable bonds is 7. The number of hydrogen-bond acceptors (Lipinski definition) is 1. The van der Waals surface area contributed by atoms with Crippen LogP contribution in [-0.4, -0.2) is 27.6 Å². The summed E-state index contributed by atoms with van der Waals surface area (Å²) < 4.78 is 9.22. The van der Waals surface area contributed by atoms with Crippen LogP contribution in [0, 0.1) is 40.0 Å². The number of hydrogen-bond donors (Lipinski definition) is 2. The lowest BCUT2D eigenvalue weighted by atomic mass is 9.63. The highest BCUT2D eigenvalue weighted by molar-refractivity contribution is 6.12. The lowest BCUT2D eigenvalue weighted by molar-refractivity contribution is -0.124. The molecule has 0 saturated heterocycles. The highest BCUT2D eigenvalue weighted by Gasteiger charge is 2.37. The average Bonchev–Trinajstić information content (AvgIpc) is 2.70. The van der Waals surface area contributed by atoms with Gasteiger partial charge in [0.25, 0.3) is 5.91 Å². The van der Waals surface area contributed by atoms with Crippen LogP contribution in [0.15, 0.2) is 16.6 Å². The molecular formula is C23H35B2N3O. The summed E-state index contributed by atoms with van der Waals surface area (Å²) in [7, 11) is 12.3. The molecule has 0 aliphatic carbocycles. The Morgan fingerprint density at radius 1 is 1.00 bits per heavy atom. The molecule has 0 aliphatic heterocycles. The first kappa shape index (κ1) is 23.3. The Labute approximate surface area is 180 Å². The van der Waals surface area contributed by atoms with Gasteiger partial charge in [-0.15, -0.1) is 0 Å². The summed E-state index contributed by atoms with van der Waals surface area (Å²) >= 11 is 0. The number of carbonyl (C=O) groups is 1. The standard InChI is InChI=1S/C23H35B2N3O/c1-9-18(23(8,12-25)20(29)28-21(26)27)10-22(7,11-24)19-16(5)14(3)13(2)15(4)17(19)6/h10H,9,11-12H2,1-8H3,(H4,26,27,28,29)/b18-10+/i10D. The Bertz CT molecular complexity index is 877. The van der Waals surface area contributed by atoms with E-state index in [1.54, 1.807) is 6.92 Å². The average molecular weight is 392 g/mol. The third kappa shape index (κ3) is 4.62. The number of nitrogens with zero attached hydrogens (tertiary/aromatic N) is 1. The Hall–Kier alpha value is -1.97. The van der Waals surface area contributed by atoms with E-state index >= 15 is 0 Å². The van der Waals surface area contributed by atoms with Gasteiger partial charge in [-0.1, -0.05) is 38.1 Å². The second-order valence-corrected chi connectivity index (χ2v) is 8.37. The maximum atomic E-state index is 12.9. The summed E-state index contributed by atoms with van der Waals surface area (Å²) in [6.07, 6.45) is 0.657. The smallest absolute Gasteiger partial charge is 0.258 e. The molecule has 29 heavy (non-hydrogen) atoms. The van der Waals surface area contributed by atoms with Crippen LogP contribution in [0.3, 0.4) is 0 Å². The van der Waals surface area contributed by atoms with E-state index in [1.165, 1.54) is 16.7 Å². The lowest BCUT2D eigenvalue weighted by Gasteiger charge is -2.36. The molecular weight excluding hydrogens is 356 g/mol. The topological polar surface area (TPSA) is 81.5 Å². The van der Waals surface area contributed by atoms with E-state index in [0.29, 0.717) is 18.0 Å². The first-order chi connectivity index (χ1) is 13.7. The van der Waals surface area contributed by atoms with Crippen LogP contribution >= 0.6 is 0 Å². The van der Waals surface area contributed by atoms with Gasteiger partial charge in [0, 0.05) is 5.41 Å². The quantitative estimate of drug-likeness (QED) is 0.321. The molecule has 0 fully saturated rings. The van der Waals surface area contributed by atoms with Crippen molar-refractivity contribution < 1.29 is 6.17 Å². The molecule has 0 heterocycles. The van der Waals surface area contributed by atoms with Crippen molar-refractivity contribution in [2.24, 2.45) is 21.9 Å². The van der Waals surface area contributed by atoms with Gasteiger partial charge >= 0.3 is 0 Å². The van der Waals surface area contributed by atoms with Gasteiger partial charge in [0.2, 0.25) is 0 Å². The van der Waals surface area contributed by atoms with Crippen molar-refractivity contribution in [2.75, 3.05) is 0 Å². The fourth-order valence-electron chi connectivity index (χ4n) is 4.07. The second kappa shape index (κ2) is 9.23. The van der Waals surface area contributed by atoms with Gasteiger partial charge in [0.05, 0.1) is 22.5 Å². The second-order valence-electron chi connectivity index (χ2n) is 8.37. The summed E-state index contributed by atoms with van der Waals surface area (Å²) in [5, 5.41) is 0. The minimum atomic E-state index is -1.19. The normalized spacial score (nSPS) is 16.9. The van der Waals surface area contributed by atoms with Crippen molar-refractivity contribution in [1.82, 2.24) is 0 Å². The molecule has 0 saturated carbocycles. The molecule has 2 atom stereocenters. The lowest BCUT2D eigenvalue weighted by Crippen LogP contribution is -2.34. The highest BCUT2D eigenvalue weighted by Crippen LogP contribution is 2.43. The predicted molar refractivity (Wildman–Crippen MR) is 126 cm³/mol. The van der Waals surface area contributed by atoms with Crippen molar-refractivity contribution in [3.05, 3.63) is 45.0 Å². The van der Waals surface area contributed by atoms with Crippen LogP contribution in [0.4, 0.5) is 0 Å². The fraction of sp³-hybridized carbons (Fsp3) is 0.565. The number of amides is 1. The van der Waals surface area contributed by atoms with E-state index in [1.807, 2.05) is 13.8 Å². The molecule has 154 valence electrons. The zero-order valence-electron chi connectivity index (χ0n) is 20.3. The largest absolute Gasteiger partial charge is 0.370 e. The number of nitrogens with two attached hydrogens (primary N) is 2. The molecule has 6 heteroatoms. The summed E-state index contributed by atoms with van der Waals surface area (Å²) in [5.41, 5.74) is 16.4. The zero-order chi connectivity index (χ0) is 23.6. The molecule has 1 rings (SSSR count). The van der Waals surface area contributed by atoms with Crippen LogP contribution in [-0.2, 0) is 10.2 Å². The molecule has 0 bridgehead atoms. The van der Waals surface area contributed by atoms with Crippen LogP contribution < -0.4 is 11.5 Å². The van der Waals surface area contributed by atoms with Crippen molar-refractivity contribution in [2.45, 2.75) is 79.9 Å². The first-order valence-electron chi connectivity index (χ1n) is 10.6. The van der Waals surface area contributed by atoms with Crippen LogP contribution in [0.2, 0.25) is 12.6 Å². The van der Waals surface area contributed by atoms with Crippen LogP contribution in [0.25, 0.3) is 0 Å². The number of carbonyl (C=O) groups excluding carboxylic acids is 1. The van der Waals surface area contributed by atoms with E-state index in [4.69, 9.17) is 27.2 Å². The Kier molecular flexibility index (Phi) is 7.42. The molecule has 1 aromatic rings. The maximum Gasteiger partial charge on any atom is 0.258 e. The molecule has 2 unspecified atom stereocenters. The number of aliphatic imine (C=N–C) groups is 1. The first-order valence-corrected chi connectivity index (χ1v) is 10.1. The molecule has 0 aliphatic rings. The number of benzene rings is 1. The molecule has 0 spiro atoms. The van der Waals surface area contributed by atoms with E-state index in [9.17, 15) is 6.17 Å². The van der Waals surface area contributed by atoms with Crippen LogP contribution in [0.5, 0.6) is 0 Å². The molecule has 0 aromatic heterocycles. The molecule has 1 amide bonds. The molecule has 4 N–H and O–H groups in total. The van der Waals surface area contributed by atoms with Crippen molar-refractivity contribution in [3.8, 4) is 0 Å². The zero-order valence-corrected chi connectivity index (χ0v) is 19.3. The van der Waals surface area contributed by atoms with Gasteiger partial charge in [0.15, 0.2) is 5.96 Å². The van der Waals surface area contributed by atoms with Gasteiger partial charge in [-0.05, 0) is 81.3 Å². The summed E-state index contributed by atoms with van der Waals surface area (Å²) in [4.78, 5) is 16.6. The summed E-state index contributed by atoms with van der Waals surface area (Å²) in [5.74, 6) is -0.865. The van der Waals surface area contributed by atoms with Gasteiger partial charge in [-0.25, -0.2) is 0 Å². The highest BCUT2D eigenvalue weighted by atomic mass is 16.1. The fourth-order valence-corrected chi connectivity index (χ4v) is 4.07. The predicted octanol–water partition coefficient (Wildman–Crippen LogP) is 3.80. The van der Waals surface area contributed by atoms with Crippen molar-refractivity contribution >= 4 is 27.6 Å². The maximum absolute atomic E-state index is 12.9. The number of allylic oxidation sites excluding steroid dienone is 1. The van der Waals surface area contributed by atoms with E-state index < -0.39 is 16.7 Å². The minimum absolute atomic E-state index is 0.0151. The third-order valence-corrected chi connectivity index (χ3v) is 6.52. The third-order valence-electron chi connectivity index (χ3n) is 6.52. The molecule has 4 radical (unpaired) electrons. The van der Waals surface area contributed by atoms with Crippen molar-refractivity contribution in [3.63, 3.8) is 0 Å². The SMILES string of the molecule is [2H]/C(=C(/CC)C(C)(C[B])C(=O)N=C(N)N)C(C)(C[B])c1c(C)c(C)c(C)c(C)c1C. The molecule has 1 aromatic carbocycles. The summed E-state index contributed by atoms with van der Waals surface area (Å²) in [6, 6.07) is 0.299. The van der Waals surface area contributed by atoms with Gasteiger partial charge in [-0.2, -0.15) is 4.99 Å².